The third-order valence-corrected chi connectivity index (χ3v) is 3.16. The Morgan fingerprint density at radius 3 is 2.45 bits per heavy atom. The lowest BCUT2D eigenvalue weighted by molar-refractivity contribution is -0.137. The van der Waals surface area contributed by atoms with Gasteiger partial charge in [-0.1, -0.05) is 23.2 Å². The molecule has 0 aliphatic heterocycles. The Bertz CT molecular complexity index is 527. The van der Waals surface area contributed by atoms with Crippen molar-refractivity contribution in [3.63, 3.8) is 0 Å². The van der Waals surface area contributed by atoms with E-state index in [0.29, 0.717) is 0 Å². The van der Waals surface area contributed by atoms with Crippen LogP contribution in [0.5, 0.6) is 0 Å². The molecule has 1 aromatic rings. The van der Waals surface area contributed by atoms with Crippen molar-refractivity contribution >= 4 is 35.1 Å². The van der Waals surface area contributed by atoms with E-state index in [4.69, 9.17) is 28.3 Å². The largest absolute Gasteiger partial charge is 0.481 e. The highest BCUT2D eigenvalue weighted by Crippen LogP contribution is 2.24. The first-order chi connectivity index (χ1) is 9.12. The van der Waals surface area contributed by atoms with Crippen molar-refractivity contribution in [3.8, 4) is 0 Å². The summed E-state index contributed by atoms with van der Waals surface area (Å²) in [5, 5.41) is 9.13. The first kappa shape index (κ1) is 16.7. The first-order valence-electron chi connectivity index (χ1n) is 5.97. The van der Waals surface area contributed by atoms with Gasteiger partial charge in [0.05, 0.1) is 17.0 Å². The Kier molecular flexibility index (Phi) is 5.36. The fourth-order valence-electron chi connectivity index (χ4n) is 1.67. The molecule has 5 nitrogen and oxygen atoms in total. The van der Waals surface area contributed by atoms with Gasteiger partial charge in [-0.25, -0.2) is 4.98 Å². The monoisotopic (exact) mass is 318 g/mol. The third kappa shape index (κ3) is 4.35. The average Bonchev–Trinajstić information content (AvgIpc) is 2.30. The molecule has 0 bridgehead atoms. The minimum atomic E-state index is -0.967. The van der Waals surface area contributed by atoms with Gasteiger partial charge in [0.1, 0.15) is 5.15 Å². The topological polar surface area (TPSA) is 70.5 Å². The smallest absolute Gasteiger partial charge is 0.305 e. The number of nitrogens with zero attached hydrogens (tertiary/aromatic N) is 2. The van der Waals surface area contributed by atoms with Gasteiger partial charge in [0.25, 0.3) is 5.91 Å². The number of carboxylic acid groups (broad SMARTS) is 1. The van der Waals surface area contributed by atoms with E-state index in [1.54, 1.807) is 0 Å². The van der Waals surface area contributed by atoms with E-state index in [-0.39, 0.29) is 34.6 Å². The molecule has 0 unspecified atom stereocenters. The second kappa shape index (κ2) is 6.41. The van der Waals surface area contributed by atoms with Crippen LogP contribution < -0.4 is 0 Å². The number of aliphatic carboxylic acids is 1. The van der Waals surface area contributed by atoms with Crippen molar-refractivity contribution in [1.29, 1.82) is 0 Å². The number of pyridine rings is 1. The lowest BCUT2D eigenvalue weighted by Crippen LogP contribution is -2.46. The quantitative estimate of drug-likeness (QED) is 0.866. The Morgan fingerprint density at radius 2 is 1.95 bits per heavy atom. The van der Waals surface area contributed by atoms with Gasteiger partial charge in [-0.3, -0.25) is 9.59 Å². The van der Waals surface area contributed by atoms with Gasteiger partial charge in [-0.15, -0.1) is 0 Å². The highest BCUT2D eigenvalue weighted by Gasteiger charge is 2.29. The second-order valence-corrected chi connectivity index (χ2v) is 6.05. The van der Waals surface area contributed by atoms with E-state index in [1.165, 1.54) is 17.2 Å². The molecule has 20 heavy (non-hydrogen) atoms. The fraction of sp³-hybridized carbons (Fsp3) is 0.462. The molecule has 7 heteroatoms. The summed E-state index contributed by atoms with van der Waals surface area (Å²) in [6.07, 6.45) is 1.16. The van der Waals surface area contributed by atoms with Gasteiger partial charge >= 0.3 is 5.97 Å². The van der Waals surface area contributed by atoms with Crippen LogP contribution >= 0.6 is 23.2 Å². The van der Waals surface area contributed by atoms with E-state index >= 15 is 0 Å². The van der Waals surface area contributed by atoms with Crippen LogP contribution in [0.2, 0.25) is 10.2 Å². The zero-order valence-electron chi connectivity index (χ0n) is 11.5. The van der Waals surface area contributed by atoms with Gasteiger partial charge in [0.15, 0.2) is 0 Å². The summed E-state index contributed by atoms with van der Waals surface area (Å²) in [4.78, 5) is 28.5. The average molecular weight is 319 g/mol. The molecule has 0 saturated heterocycles. The molecule has 0 radical (unpaired) electrons. The number of carboxylic acids is 1. The van der Waals surface area contributed by atoms with Crippen LogP contribution in [0.15, 0.2) is 12.3 Å². The second-order valence-electron chi connectivity index (χ2n) is 5.26. The van der Waals surface area contributed by atoms with E-state index in [2.05, 4.69) is 4.98 Å². The van der Waals surface area contributed by atoms with Gasteiger partial charge in [-0.05, 0) is 26.8 Å². The number of amides is 1. The predicted octanol–water partition coefficient (Wildman–Crippen LogP) is 3.10. The van der Waals surface area contributed by atoms with Crippen molar-refractivity contribution < 1.29 is 14.7 Å². The predicted molar refractivity (Wildman–Crippen MR) is 77.3 cm³/mol. The van der Waals surface area contributed by atoms with Crippen LogP contribution in [0.1, 0.15) is 37.6 Å². The molecule has 0 aliphatic carbocycles. The maximum atomic E-state index is 12.5. The van der Waals surface area contributed by atoms with E-state index in [1.807, 2.05) is 20.8 Å². The summed E-state index contributed by atoms with van der Waals surface area (Å²) >= 11 is 11.7. The molecule has 110 valence electrons. The van der Waals surface area contributed by atoms with Crippen molar-refractivity contribution in [2.45, 2.75) is 32.7 Å². The Labute approximate surface area is 127 Å². The summed E-state index contributed by atoms with van der Waals surface area (Å²) in [5.41, 5.74) is -0.321. The minimum Gasteiger partial charge on any atom is -0.481 e. The number of aromatic nitrogens is 1. The third-order valence-electron chi connectivity index (χ3n) is 2.66. The summed E-state index contributed by atoms with van der Waals surface area (Å²) in [6, 6.07) is 1.38. The Morgan fingerprint density at radius 1 is 1.35 bits per heavy atom. The normalized spacial score (nSPS) is 11.2. The highest BCUT2D eigenvalue weighted by molar-refractivity contribution is 6.35. The molecule has 1 aromatic heterocycles. The molecule has 0 spiro atoms. The van der Waals surface area contributed by atoms with Crippen LogP contribution in [0.4, 0.5) is 0 Å². The molecule has 0 saturated carbocycles. The van der Waals surface area contributed by atoms with Gasteiger partial charge in [0, 0.05) is 18.3 Å². The number of halogens is 2. The standard InChI is InChI=1S/C13H16Cl2N2O3/c1-13(2,3)17(5-4-11(18)19)12(20)8-6-10(15)16-7-9(8)14/h6-7H,4-5H2,1-3H3,(H,18,19). The molecule has 1 rings (SSSR count). The van der Waals surface area contributed by atoms with Crippen LogP contribution in [-0.2, 0) is 4.79 Å². The van der Waals surface area contributed by atoms with Crippen molar-refractivity contribution in [1.82, 2.24) is 9.88 Å². The van der Waals surface area contributed by atoms with Crippen LogP contribution in [-0.4, -0.2) is 39.0 Å². The summed E-state index contributed by atoms with van der Waals surface area (Å²) in [7, 11) is 0. The Hall–Kier alpha value is -1.33. The SMILES string of the molecule is CC(C)(C)N(CCC(=O)O)C(=O)c1cc(Cl)ncc1Cl. The number of hydrogen-bond donors (Lipinski definition) is 1. The van der Waals surface area contributed by atoms with Crippen LogP contribution in [0.25, 0.3) is 0 Å². The molecule has 1 amide bonds. The lowest BCUT2D eigenvalue weighted by atomic mass is 10.0. The molecular weight excluding hydrogens is 303 g/mol. The zero-order valence-corrected chi connectivity index (χ0v) is 13.0. The van der Waals surface area contributed by atoms with Gasteiger partial charge in [0.2, 0.25) is 0 Å². The summed E-state index contributed by atoms with van der Waals surface area (Å²) < 4.78 is 0. The van der Waals surface area contributed by atoms with E-state index in [0.717, 1.165) is 0 Å². The number of rotatable bonds is 4. The number of carbonyl (C=O) groups excluding carboxylic acids is 1. The fourth-order valence-corrected chi connectivity index (χ4v) is 2.01. The van der Waals surface area contributed by atoms with Crippen LogP contribution in [0.3, 0.4) is 0 Å². The number of carbonyl (C=O) groups is 2. The molecular formula is C13H16Cl2N2O3. The van der Waals surface area contributed by atoms with Gasteiger partial charge in [-0.2, -0.15) is 0 Å². The van der Waals surface area contributed by atoms with Crippen LogP contribution in [0, 0.1) is 0 Å². The molecule has 0 fully saturated rings. The molecule has 1 heterocycles. The first-order valence-corrected chi connectivity index (χ1v) is 6.73. The maximum absolute atomic E-state index is 12.5. The number of hydrogen-bond acceptors (Lipinski definition) is 3. The van der Waals surface area contributed by atoms with Gasteiger partial charge < -0.3 is 10.0 Å². The summed E-state index contributed by atoms with van der Waals surface area (Å²) in [6.45, 7) is 5.56. The van der Waals surface area contributed by atoms with E-state index < -0.39 is 11.5 Å². The van der Waals surface area contributed by atoms with Crippen molar-refractivity contribution in [2.24, 2.45) is 0 Å². The van der Waals surface area contributed by atoms with Crippen molar-refractivity contribution in [3.05, 3.63) is 28.0 Å². The minimum absolute atomic E-state index is 0.0912. The summed E-state index contributed by atoms with van der Waals surface area (Å²) in [5.74, 6) is -1.33. The van der Waals surface area contributed by atoms with Crippen molar-refractivity contribution in [2.75, 3.05) is 6.54 Å². The zero-order chi connectivity index (χ0) is 15.5. The lowest BCUT2D eigenvalue weighted by Gasteiger charge is -2.35. The van der Waals surface area contributed by atoms with E-state index in [9.17, 15) is 9.59 Å². The molecule has 1 N–H and O–H groups in total. The molecule has 0 aliphatic rings. The highest BCUT2D eigenvalue weighted by atomic mass is 35.5. The molecule has 0 aromatic carbocycles. The Balaban J connectivity index is 3.10. The molecule has 0 atom stereocenters. The maximum Gasteiger partial charge on any atom is 0.305 e.